The number of hydrogen-bond acceptors (Lipinski definition) is 3. The Balaban J connectivity index is 1.46. The smallest absolute Gasteiger partial charge is 0.230 e. The molecule has 1 atom stereocenters. The fraction of sp³-hybridized carbons (Fsp3) is 0.364. The van der Waals surface area contributed by atoms with Crippen LogP contribution in [0.2, 0.25) is 0 Å². The summed E-state index contributed by atoms with van der Waals surface area (Å²) in [7, 11) is 0. The maximum atomic E-state index is 12.3. The predicted molar refractivity (Wildman–Crippen MR) is 111 cm³/mol. The van der Waals surface area contributed by atoms with Crippen LogP contribution >= 0.6 is 11.8 Å². The van der Waals surface area contributed by atoms with Crippen molar-refractivity contribution in [2.75, 3.05) is 5.75 Å². The molecule has 5 heteroatoms. The van der Waals surface area contributed by atoms with Crippen molar-refractivity contribution in [3.8, 4) is 0 Å². The first-order chi connectivity index (χ1) is 13.2. The van der Waals surface area contributed by atoms with Crippen molar-refractivity contribution in [2.24, 2.45) is 5.92 Å². The van der Waals surface area contributed by atoms with Gasteiger partial charge in [-0.1, -0.05) is 54.2 Å². The molecule has 1 fully saturated rings. The molecule has 0 saturated heterocycles. The van der Waals surface area contributed by atoms with Crippen LogP contribution in [0.1, 0.15) is 25.3 Å². The van der Waals surface area contributed by atoms with E-state index < -0.39 is 0 Å². The number of benzene rings is 2. The molecule has 1 saturated carbocycles. The second-order valence-electron chi connectivity index (χ2n) is 7.25. The van der Waals surface area contributed by atoms with E-state index in [0.29, 0.717) is 11.7 Å². The summed E-state index contributed by atoms with van der Waals surface area (Å²) in [5.74, 6) is 1.18. The zero-order valence-corrected chi connectivity index (χ0v) is 16.4. The number of imidazole rings is 1. The molecule has 1 N–H and O–H groups in total. The van der Waals surface area contributed by atoms with E-state index in [1.54, 1.807) is 0 Å². The summed E-state index contributed by atoms with van der Waals surface area (Å²) in [4.78, 5) is 17.1. The molecule has 3 aromatic rings. The first-order valence-electron chi connectivity index (χ1n) is 9.62. The van der Waals surface area contributed by atoms with Crippen LogP contribution in [0.5, 0.6) is 0 Å². The molecular formula is C22H25N3OS. The van der Waals surface area contributed by atoms with Gasteiger partial charge in [0.25, 0.3) is 0 Å². The van der Waals surface area contributed by atoms with E-state index in [-0.39, 0.29) is 11.9 Å². The topological polar surface area (TPSA) is 46.9 Å². The number of nitrogens with zero attached hydrogens (tertiary/aromatic N) is 2. The highest BCUT2D eigenvalue weighted by atomic mass is 32.2. The molecule has 4 rings (SSSR count). The van der Waals surface area contributed by atoms with Crippen LogP contribution in [0.3, 0.4) is 0 Å². The second kappa shape index (κ2) is 8.17. The molecule has 1 heterocycles. The lowest BCUT2D eigenvalue weighted by atomic mass is 10.1. The maximum Gasteiger partial charge on any atom is 0.230 e. The molecule has 1 aliphatic rings. The molecule has 1 aromatic heterocycles. The number of aryl methyl sites for hydroxylation is 2. The van der Waals surface area contributed by atoms with Gasteiger partial charge in [-0.25, -0.2) is 4.98 Å². The van der Waals surface area contributed by atoms with Gasteiger partial charge in [-0.2, -0.15) is 0 Å². The minimum Gasteiger partial charge on any atom is -0.353 e. The summed E-state index contributed by atoms with van der Waals surface area (Å²) in [6.45, 7) is 2.96. The number of thioether (sulfide) groups is 1. The van der Waals surface area contributed by atoms with Crippen LogP contribution in [-0.4, -0.2) is 27.3 Å². The minimum absolute atomic E-state index is 0.0982. The highest BCUT2D eigenvalue weighted by Gasteiger charge is 2.28. The summed E-state index contributed by atoms with van der Waals surface area (Å²) < 4.78 is 2.24. The lowest BCUT2D eigenvalue weighted by Gasteiger charge is -2.13. The molecule has 0 spiro atoms. The van der Waals surface area contributed by atoms with Crippen LogP contribution in [0.25, 0.3) is 11.0 Å². The lowest BCUT2D eigenvalue weighted by Crippen LogP contribution is -2.35. The van der Waals surface area contributed by atoms with Crippen molar-refractivity contribution < 1.29 is 4.79 Å². The molecule has 1 amide bonds. The Bertz CT molecular complexity index is 918. The SMILES string of the molecule is CC(NC(=O)CSc1nc2ccccc2n1CCc1ccccc1)C1CC1. The monoisotopic (exact) mass is 379 g/mol. The highest BCUT2D eigenvalue weighted by molar-refractivity contribution is 7.99. The van der Waals surface area contributed by atoms with Crippen molar-refractivity contribution in [3.63, 3.8) is 0 Å². The van der Waals surface area contributed by atoms with Gasteiger partial charge in [0.1, 0.15) is 0 Å². The molecule has 0 bridgehead atoms. The van der Waals surface area contributed by atoms with E-state index in [1.807, 2.05) is 24.3 Å². The van der Waals surface area contributed by atoms with Crippen LogP contribution < -0.4 is 5.32 Å². The highest BCUT2D eigenvalue weighted by Crippen LogP contribution is 2.32. The Labute approximate surface area is 164 Å². The third-order valence-electron chi connectivity index (χ3n) is 5.14. The second-order valence-corrected chi connectivity index (χ2v) is 8.20. The van der Waals surface area contributed by atoms with Crippen molar-refractivity contribution in [1.82, 2.24) is 14.9 Å². The number of para-hydroxylation sites is 2. The van der Waals surface area contributed by atoms with E-state index in [9.17, 15) is 4.79 Å². The zero-order valence-electron chi connectivity index (χ0n) is 15.6. The van der Waals surface area contributed by atoms with Gasteiger partial charge in [0.2, 0.25) is 5.91 Å². The summed E-state index contributed by atoms with van der Waals surface area (Å²) >= 11 is 1.53. The van der Waals surface area contributed by atoms with Gasteiger partial charge in [-0.15, -0.1) is 0 Å². The largest absolute Gasteiger partial charge is 0.353 e. The van der Waals surface area contributed by atoms with Crippen LogP contribution in [-0.2, 0) is 17.8 Å². The maximum absolute atomic E-state index is 12.3. The number of fused-ring (bicyclic) bond motifs is 1. The summed E-state index contributed by atoms with van der Waals surface area (Å²) in [6.07, 6.45) is 3.42. The Morgan fingerprint density at radius 2 is 1.93 bits per heavy atom. The van der Waals surface area contributed by atoms with E-state index in [2.05, 4.69) is 47.1 Å². The normalized spacial score (nSPS) is 15.0. The number of carbonyl (C=O) groups excluding carboxylic acids is 1. The number of amides is 1. The number of rotatable bonds is 8. The van der Waals surface area contributed by atoms with Crippen LogP contribution in [0.4, 0.5) is 0 Å². The first-order valence-corrected chi connectivity index (χ1v) is 10.6. The van der Waals surface area contributed by atoms with E-state index >= 15 is 0 Å². The van der Waals surface area contributed by atoms with Crippen molar-refractivity contribution >= 4 is 28.7 Å². The predicted octanol–water partition coefficient (Wildman–Crippen LogP) is 4.29. The Morgan fingerprint density at radius 1 is 1.19 bits per heavy atom. The molecule has 140 valence electrons. The fourth-order valence-corrected chi connectivity index (χ4v) is 4.26. The number of aromatic nitrogens is 2. The average molecular weight is 380 g/mol. The third kappa shape index (κ3) is 4.53. The number of hydrogen-bond donors (Lipinski definition) is 1. The Kier molecular flexibility index (Phi) is 5.48. The first kappa shape index (κ1) is 18.1. The van der Waals surface area contributed by atoms with Gasteiger partial charge >= 0.3 is 0 Å². The summed E-state index contributed by atoms with van der Waals surface area (Å²) in [5, 5.41) is 4.04. The lowest BCUT2D eigenvalue weighted by molar-refractivity contribution is -0.119. The van der Waals surface area contributed by atoms with Gasteiger partial charge in [0.15, 0.2) is 5.16 Å². The van der Waals surface area contributed by atoms with E-state index in [0.717, 1.165) is 29.2 Å². The van der Waals surface area contributed by atoms with E-state index in [1.165, 1.54) is 30.2 Å². The van der Waals surface area contributed by atoms with Gasteiger partial charge < -0.3 is 9.88 Å². The van der Waals surface area contributed by atoms with Crippen molar-refractivity contribution in [1.29, 1.82) is 0 Å². The fourth-order valence-electron chi connectivity index (χ4n) is 3.41. The zero-order chi connectivity index (χ0) is 18.6. The van der Waals surface area contributed by atoms with Crippen molar-refractivity contribution in [3.05, 3.63) is 60.2 Å². The van der Waals surface area contributed by atoms with Crippen LogP contribution in [0.15, 0.2) is 59.8 Å². The molecule has 4 nitrogen and oxygen atoms in total. The Morgan fingerprint density at radius 3 is 2.70 bits per heavy atom. The third-order valence-corrected chi connectivity index (χ3v) is 6.11. The molecule has 1 aliphatic carbocycles. The summed E-state index contributed by atoms with van der Waals surface area (Å²) in [6, 6.07) is 19.0. The molecular weight excluding hydrogens is 354 g/mol. The summed E-state index contributed by atoms with van der Waals surface area (Å²) in [5.41, 5.74) is 3.42. The quantitative estimate of drug-likeness (QED) is 0.594. The van der Waals surface area contributed by atoms with E-state index in [4.69, 9.17) is 4.98 Å². The van der Waals surface area contributed by atoms with Crippen molar-refractivity contribution in [2.45, 2.75) is 43.9 Å². The van der Waals surface area contributed by atoms with Gasteiger partial charge in [-0.05, 0) is 49.8 Å². The standard InChI is InChI=1S/C22H25N3OS/c1-16(18-11-12-18)23-21(26)15-27-22-24-19-9-5-6-10-20(19)25(22)14-13-17-7-3-2-4-8-17/h2-10,16,18H,11-15H2,1H3,(H,23,26). The van der Waals surface area contributed by atoms with Gasteiger partial charge in [0.05, 0.1) is 16.8 Å². The van der Waals surface area contributed by atoms with Crippen LogP contribution in [0, 0.1) is 5.92 Å². The molecule has 1 unspecified atom stereocenters. The van der Waals surface area contributed by atoms with Gasteiger partial charge in [0, 0.05) is 12.6 Å². The Hall–Kier alpha value is -2.27. The average Bonchev–Trinajstić information content (AvgIpc) is 3.48. The molecule has 27 heavy (non-hydrogen) atoms. The molecule has 0 radical (unpaired) electrons. The number of carbonyl (C=O) groups is 1. The number of nitrogens with one attached hydrogen (secondary N) is 1. The molecule has 0 aliphatic heterocycles. The van der Waals surface area contributed by atoms with Gasteiger partial charge in [-0.3, -0.25) is 4.79 Å². The molecule has 2 aromatic carbocycles. The minimum atomic E-state index is 0.0982.